The highest BCUT2D eigenvalue weighted by Crippen LogP contribution is 2.19. The maximum absolute atomic E-state index is 12.5. The summed E-state index contributed by atoms with van der Waals surface area (Å²) in [5.74, 6) is -0.183. The summed E-state index contributed by atoms with van der Waals surface area (Å²) >= 11 is 0. The van der Waals surface area contributed by atoms with Gasteiger partial charge in [0, 0.05) is 6.54 Å². The van der Waals surface area contributed by atoms with Gasteiger partial charge in [0.25, 0.3) is 0 Å². The van der Waals surface area contributed by atoms with E-state index in [4.69, 9.17) is 4.74 Å². The number of hydrogen-bond donors (Lipinski definition) is 1. The lowest BCUT2D eigenvalue weighted by Gasteiger charge is -2.24. The molecule has 0 saturated heterocycles. The van der Waals surface area contributed by atoms with E-state index in [1.54, 1.807) is 0 Å². The SMILES string of the molecule is CCCCC/C=C/C/C=C/CCCCCCCCC(OC(=O)CCN(C)C)C(O)CCCCCCC/C=C/C/C=C/CCCCC. The number of allylic oxidation sites excluding steroid dienone is 8. The monoisotopic (exact) mass is 644 g/mol. The first-order valence-electron chi connectivity index (χ1n) is 19.6. The van der Waals surface area contributed by atoms with E-state index in [9.17, 15) is 9.90 Å². The quantitative estimate of drug-likeness (QED) is 0.0430. The zero-order valence-corrected chi connectivity index (χ0v) is 31.1. The Kier molecular flexibility index (Phi) is 34.9. The van der Waals surface area contributed by atoms with Gasteiger partial charge < -0.3 is 14.7 Å². The van der Waals surface area contributed by atoms with Gasteiger partial charge >= 0.3 is 5.97 Å². The van der Waals surface area contributed by atoms with Crippen LogP contribution in [0.3, 0.4) is 0 Å². The summed E-state index contributed by atoms with van der Waals surface area (Å²) in [5, 5.41) is 11.0. The van der Waals surface area contributed by atoms with Crippen LogP contribution >= 0.6 is 0 Å². The molecule has 0 radical (unpaired) electrons. The topological polar surface area (TPSA) is 49.8 Å². The second kappa shape index (κ2) is 36.2. The van der Waals surface area contributed by atoms with Crippen molar-refractivity contribution in [3.05, 3.63) is 48.6 Å². The number of unbranched alkanes of at least 4 members (excludes halogenated alkanes) is 17. The van der Waals surface area contributed by atoms with Gasteiger partial charge in [-0.2, -0.15) is 0 Å². The van der Waals surface area contributed by atoms with Crippen molar-refractivity contribution in [2.24, 2.45) is 0 Å². The van der Waals surface area contributed by atoms with E-state index in [1.807, 2.05) is 19.0 Å². The average Bonchev–Trinajstić information content (AvgIpc) is 3.04. The molecule has 0 aliphatic rings. The summed E-state index contributed by atoms with van der Waals surface area (Å²) in [5.41, 5.74) is 0. The van der Waals surface area contributed by atoms with Crippen molar-refractivity contribution >= 4 is 5.97 Å². The van der Waals surface area contributed by atoms with Crippen molar-refractivity contribution in [3.63, 3.8) is 0 Å². The summed E-state index contributed by atoms with van der Waals surface area (Å²) in [6.07, 6.45) is 47.2. The molecular formula is C42H77NO3. The zero-order chi connectivity index (χ0) is 33.8. The van der Waals surface area contributed by atoms with Crippen LogP contribution in [0.1, 0.15) is 181 Å². The average molecular weight is 644 g/mol. The third kappa shape index (κ3) is 33.7. The molecule has 0 fully saturated rings. The second-order valence-corrected chi connectivity index (χ2v) is 13.5. The lowest BCUT2D eigenvalue weighted by molar-refractivity contribution is -0.156. The minimum absolute atomic E-state index is 0.183. The molecule has 0 aliphatic heterocycles. The first kappa shape index (κ1) is 44.4. The lowest BCUT2D eigenvalue weighted by atomic mass is 9.99. The number of nitrogens with zero attached hydrogens (tertiary/aromatic N) is 1. The third-order valence-electron chi connectivity index (χ3n) is 8.61. The fourth-order valence-corrected chi connectivity index (χ4v) is 5.56. The number of carbonyl (C=O) groups excluding carboxylic acids is 1. The predicted octanol–water partition coefficient (Wildman–Crippen LogP) is 12.2. The summed E-state index contributed by atoms with van der Waals surface area (Å²) in [6, 6.07) is 0. The second-order valence-electron chi connectivity index (χ2n) is 13.5. The molecule has 0 aromatic rings. The Labute approximate surface area is 287 Å². The Morgan fingerprint density at radius 2 is 0.957 bits per heavy atom. The Hall–Kier alpha value is -1.65. The van der Waals surface area contributed by atoms with Gasteiger partial charge in [0.05, 0.1) is 12.5 Å². The largest absolute Gasteiger partial charge is 0.460 e. The Bertz CT molecular complexity index is 754. The summed E-state index contributed by atoms with van der Waals surface area (Å²) in [4.78, 5) is 14.5. The molecule has 0 rings (SSSR count). The molecule has 0 spiro atoms. The molecule has 0 bridgehead atoms. The van der Waals surface area contributed by atoms with Crippen LogP contribution in [-0.2, 0) is 9.53 Å². The van der Waals surface area contributed by atoms with Crippen molar-refractivity contribution in [1.82, 2.24) is 4.90 Å². The van der Waals surface area contributed by atoms with E-state index in [-0.39, 0.29) is 12.1 Å². The molecule has 1 N–H and O–H groups in total. The molecule has 2 unspecified atom stereocenters. The van der Waals surface area contributed by atoms with Gasteiger partial charge in [0.1, 0.15) is 6.10 Å². The minimum atomic E-state index is -0.556. The maximum atomic E-state index is 12.5. The summed E-state index contributed by atoms with van der Waals surface area (Å²) in [6.45, 7) is 5.18. The third-order valence-corrected chi connectivity index (χ3v) is 8.61. The number of carbonyl (C=O) groups is 1. The highest BCUT2D eigenvalue weighted by Gasteiger charge is 2.22. The molecule has 4 nitrogen and oxygen atoms in total. The number of aliphatic hydroxyl groups excluding tert-OH is 1. The van der Waals surface area contributed by atoms with E-state index in [0.29, 0.717) is 13.0 Å². The van der Waals surface area contributed by atoms with Gasteiger partial charge in [0.2, 0.25) is 0 Å². The highest BCUT2D eigenvalue weighted by atomic mass is 16.6. The maximum Gasteiger partial charge on any atom is 0.307 e. The number of esters is 1. The van der Waals surface area contributed by atoms with Crippen LogP contribution in [0.15, 0.2) is 48.6 Å². The van der Waals surface area contributed by atoms with Crippen LogP contribution < -0.4 is 0 Å². The molecule has 268 valence electrons. The lowest BCUT2D eigenvalue weighted by Crippen LogP contribution is -2.32. The van der Waals surface area contributed by atoms with Gasteiger partial charge in [-0.15, -0.1) is 0 Å². The molecule has 0 aromatic carbocycles. The Morgan fingerprint density at radius 1 is 0.565 bits per heavy atom. The fourth-order valence-electron chi connectivity index (χ4n) is 5.56. The molecule has 0 saturated carbocycles. The Morgan fingerprint density at radius 3 is 1.39 bits per heavy atom. The van der Waals surface area contributed by atoms with Crippen LogP contribution in [0, 0.1) is 0 Å². The molecule has 4 heteroatoms. The van der Waals surface area contributed by atoms with Crippen LogP contribution in [-0.4, -0.2) is 48.8 Å². The summed E-state index contributed by atoms with van der Waals surface area (Å²) < 4.78 is 5.82. The van der Waals surface area contributed by atoms with Crippen LogP contribution in [0.4, 0.5) is 0 Å². The van der Waals surface area contributed by atoms with Crippen molar-refractivity contribution in [2.75, 3.05) is 20.6 Å². The first-order chi connectivity index (χ1) is 22.5. The van der Waals surface area contributed by atoms with E-state index in [0.717, 1.165) is 57.8 Å². The van der Waals surface area contributed by atoms with Crippen LogP contribution in [0.2, 0.25) is 0 Å². The standard InChI is InChI=1S/C42H77NO3/c1-5-7-9-11-13-15-17-19-21-23-25-27-29-31-33-35-37-41(46-42(45)38-39-43(3)4)40(44)36-34-32-30-28-26-24-22-20-18-16-14-12-10-8-6-2/h13-16,19-22,40-41,44H,5-12,17-18,23-39H2,1-4H3/b15-13+,16-14+,21-19+,22-20+. The number of rotatable bonds is 34. The molecular weight excluding hydrogens is 566 g/mol. The number of hydrogen-bond acceptors (Lipinski definition) is 4. The zero-order valence-electron chi connectivity index (χ0n) is 31.1. The molecule has 0 heterocycles. The fraction of sp³-hybridized carbons (Fsp3) is 0.786. The number of ether oxygens (including phenoxy) is 1. The van der Waals surface area contributed by atoms with Crippen molar-refractivity contribution in [3.8, 4) is 0 Å². The van der Waals surface area contributed by atoms with Gasteiger partial charge in [0.15, 0.2) is 0 Å². The van der Waals surface area contributed by atoms with Crippen molar-refractivity contribution in [2.45, 2.75) is 193 Å². The van der Waals surface area contributed by atoms with E-state index < -0.39 is 6.10 Å². The van der Waals surface area contributed by atoms with Crippen molar-refractivity contribution in [1.29, 1.82) is 0 Å². The molecule has 0 aromatic heterocycles. The van der Waals surface area contributed by atoms with Gasteiger partial charge in [-0.3, -0.25) is 4.79 Å². The Balaban J connectivity index is 4.11. The van der Waals surface area contributed by atoms with E-state index in [2.05, 4.69) is 62.5 Å². The van der Waals surface area contributed by atoms with Crippen LogP contribution in [0.25, 0.3) is 0 Å². The van der Waals surface area contributed by atoms with Crippen molar-refractivity contribution < 1.29 is 14.6 Å². The van der Waals surface area contributed by atoms with Gasteiger partial charge in [-0.05, 0) is 97.6 Å². The molecule has 2 atom stereocenters. The predicted molar refractivity (Wildman–Crippen MR) is 202 cm³/mol. The highest BCUT2D eigenvalue weighted by molar-refractivity contribution is 5.69. The first-order valence-corrected chi connectivity index (χ1v) is 19.6. The smallest absolute Gasteiger partial charge is 0.307 e. The van der Waals surface area contributed by atoms with Crippen LogP contribution in [0.5, 0.6) is 0 Å². The summed E-state index contributed by atoms with van der Waals surface area (Å²) in [7, 11) is 3.93. The normalized spacial score (nSPS) is 13.7. The molecule has 46 heavy (non-hydrogen) atoms. The van der Waals surface area contributed by atoms with Gasteiger partial charge in [-0.1, -0.05) is 140 Å². The van der Waals surface area contributed by atoms with E-state index >= 15 is 0 Å². The molecule has 0 aliphatic carbocycles. The number of aliphatic hydroxyl groups is 1. The van der Waals surface area contributed by atoms with Gasteiger partial charge in [-0.25, -0.2) is 0 Å². The van der Waals surface area contributed by atoms with E-state index in [1.165, 1.54) is 103 Å². The molecule has 0 amide bonds. The minimum Gasteiger partial charge on any atom is -0.460 e.